The molecule has 3 amide bonds. The number of aromatic nitrogens is 1. The Bertz CT molecular complexity index is 1730. The third-order valence-electron chi connectivity index (χ3n) is 7.85. The van der Waals surface area contributed by atoms with Crippen molar-refractivity contribution in [3.8, 4) is 11.4 Å². The van der Waals surface area contributed by atoms with Gasteiger partial charge in [0.2, 0.25) is 5.91 Å². The minimum Gasteiger partial charge on any atom is -0.508 e. The monoisotopic (exact) mass is 653 g/mol. The van der Waals surface area contributed by atoms with Crippen molar-refractivity contribution in [3.05, 3.63) is 119 Å². The molecule has 4 rings (SSSR count). The number of rotatable bonds is 12. The summed E-state index contributed by atoms with van der Waals surface area (Å²) in [5.74, 6) is -1.37. The lowest BCUT2D eigenvalue weighted by Gasteiger charge is -2.21. The molecule has 3 aromatic carbocycles. The third-order valence-corrected chi connectivity index (χ3v) is 7.85. The summed E-state index contributed by atoms with van der Waals surface area (Å²) >= 11 is 0. The molecule has 1 heterocycles. The second-order valence-electron chi connectivity index (χ2n) is 12.6. The Morgan fingerprint density at radius 1 is 0.875 bits per heavy atom. The second kappa shape index (κ2) is 15.9. The highest BCUT2D eigenvalue weighted by Gasteiger charge is 2.27. The topological polar surface area (TPSA) is 154 Å². The fraction of sp³-hybridized carbons (Fsp3) is 0.297. The molecule has 0 saturated heterocycles. The van der Waals surface area contributed by atoms with Crippen molar-refractivity contribution in [1.82, 2.24) is 20.6 Å². The molecule has 5 N–H and O–H groups in total. The van der Waals surface area contributed by atoms with Crippen LogP contribution in [0, 0.1) is 13.8 Å². The predicted octanol–water partition coefficient (Wildman–Crippen LogP) is 4.56. The van der Waals surface area contributed by atoms with E-state index in [2.05, 4.69) is 70.8 Å². The molecule has 0 aliphatic carbocycles. The minimum atomic E-state index is -1.38. The Morgan fingerprint density at radius 3 is 2.17 bits per heavy atom. The lowest BCUT2D eigenvalue weighted by Crippen LogP contribution is -2.55. The second-order valence-corrected chi connectivity index (χ2v) is 12.6. The Balaban J connectivity index is 1.44. The Hall–Kier alpha value is -5.42. The molecule has 1 aromatic heterocycles. The molecule has 0 fully saturated rings. The van der Waals surface area contributed by atoms with E-state index in [9.17, 15) is 24.6 Å². The number of aliphatic hydroxyl groups is 1. The summed E-state index contributed by atoms with van der Waals surface area (Å²) in [6.45, 7) is 9.72. The molecule has 0 spiro atoms. The first-order valence-corrected chi connectivity index (χ1v) is 15.6. The number of amides is 3. The van der Waals surface area contributed by atoms with Crippen LogP contribution in [0.15, 0.2) is 90.0 Å². The maximum absolute atomic E-state index is 13.4. The highest BCUT2D eigenvalue weighted by Crippen LogP contribution is 2.25. The number of phenolic OH excluding ortho intramolecular Hbond substituents is 1. The van der Waals surface area contributed by atoms with Gasteiger partial charge in [0.05, 0.1) is 12.8 Å². The Kier molecular flexibility index (Phi) is 11.8. The van der Waals surface area contributed by atoms with Crippen LogP contribution in [0.5, 0.6) is 5.75 Å². The zero-order valence-electron chi connectivity index (χ0n) is 27.9. The molecule has 0 radical (unpaired) electrons. The number of hydrogen-bond donors (Lipinski definition) is 5. The number of nitrogens with one attached hydrogen (secondary N) is 3. The minimum absolute atomic E-state index is 0.0256. The van der Waals surface area contributed by atoms with Crippen molar-refractivity contribution in [2.45, 2.75) is 65.1 Å². The Labute approximate surface area is 280 Å². The molecule has 0 aliphatic rings. The molecule has 0 aliphatic heterocycles. The van der Waals surface area contributed by atoms with E-state index in [1.54, 1.807) is 42.6 Å². The van der Waals surface area contributed by atoms with Gasteiger partial charge in [-0.2, -0.15) is 5.10 Å². The highest BCUT2D eigenvalue weighted by atomic mass is 16.5. The summed E-state index contributed by atoms with van der Waals surface area (Å²) in [6, 6.07) is 23.0. The number of aromatic hydroxyl groups is 1. The SMILES string of the molecule is Cc1cc(/C=N\NC(=O)[C@H](Cc2ccc(O)cc2)NC(=O)[C@H](CO)NC(=O)OCc2ccccc2)c(C)n1-c1ccc(C(C)(C)C)cc1. The van der Waals surface area contributed by atoms with Gasteiger partial charge in [0.25, 0.3) is 5.91 Å². The van der Waals surface area contributed by atoms with Gasteiger partial charge >= 0.3 is 6.09 Å². The molecular formula is C37H43N5O6. The first kappa shape index (κ1) is 35.4. The zero-order chi connectivity index (χ0) is 34.8. The summed E-state index contributed by atoms with van der Waals surface area (Å²) < 4.78 is 7.27. The number of hydrazone groups is 1. The first-order chi connectivity index (χ1) is 22.8. The van der Waals surface area contributed by atoms with Crippen molar-refractivity contribution >= 4 is 24.1 Å². The average molecular weight is 654 g/mol. The van der Waals surface area contributed by atoms with E-state index in [1.165, 1.54) is 17.7 Å². The number of ether oxygens (including phenoxy) is 1. The molecule has 0 unspecified atom stereocenters. The summed E-state index contributed by atoms with van der Waals surface area (Å²) in [7, 11) is 0. The molecule has 48 heavy (non-hydrogen) atoms. The number of aliphatic hydroxyl groups excluding tert-OH is 1. The molecule has 11 nitrogen and oxygen atoms in total. The van der Waals surface area contributed by atoms with Crippen LogP contribution in [0.25, 0.3) is 5.69 Å². The van der Waals surface area contributed by atoms with Crippen LogP contribution in [0.1, 0.15) is 54.4 Å². The van der Waals surface area contributed by atoms with Gasteiger partial charge in [-0.3, -0.25) is 9.59 Å². The molecule has 0 bridgehead atoms. The van der Waals surface area contributed by atoms with E-state index in [1.807, 2.05) is 26.0 Å². The van der Waals surface area contributed by atoms with Crippen molar-refractivity contribution < 1.29 is 29.3 Å². The van der Waals surface area contributed by atoms with Gasteiger partial charge in [-0.05, 0) is 66.3 Å². The molecule has 11 heteroatoms. The standard InChI is InChI=1S/C37H43N5O6/c1-24-19-28(25(2)42(24)30-15-13-29(14-16-30)37(3,4)5)21-38-41-35(46)32(20-26-11-17-31(44)18-12-26)39-34(45)33(22-43)40-36(47)48-23-27-9-7-6-8-10-27/h6-19,21,32-33,43-44H,20,22-23H2,1-5H3,(H,39,45)(H,40,47)(H,41,46)/b38-21-/t32-,33-/m0/s1. The maximum atomic E-state index is 13.4. The highest BCUT2D eigenvalue weighted by molar-refractivity contribution is 5.92. The van der Waals surface area contributed by atoms with Crippen molar-refractivity contribution in [2.24, 2.45) is 5.10 Å². The molecule has 4 aromatic rings. The molecule has 2 atom stereocenters. The summed E-state index contributed by atoms with van der Waals surface area (Å²) in [5, 5.41) is 28.7. The fourth-order valence-corrected chi connectivity index (χ4v) is 5.12. The number of carbonyl (C=O) groups is 3. The number of carbonyl (C=O) groups excluding carboxylic acids is 3. The van der Waals surface area contributed by atoms with Gasteiger partial charge in [-0.1, -0.05) is 75.4 Å². The van der Waals surface area contributed by atoms with E-state index in [0.29, 0.717) is 5.56 Å². The lowest BCUT2D eigenvalue weighted by atomic mass is 9.87. The number of nitrogens with zero attached hydrogens (tertiary/aromatic N) is 2. The molecule has 0 saturated carbocycles. The van der Waals surface area contributed by atoms with Crippen LogP contribution < -0.4 is 16.1 Å². The quantitative estimate of drug-likeness (QED) is 0.112. The number of benzene rings is 3. The van der Waals surface area contributed by atoms with Crippen LogP contribution in [-0.4, -0.2) is 57.6 Å². The first-order valence-electron chi connectivity index (χ1n) is 15.6. The zero-order valence-corrected chi connectivity index (χ0v) is 27.9. The Morgan fingerprint density at radius 2 is 1.54 bits per heavy atom. The van der Waals surface area contributed by atoms with Gasteiger partial charge in [-0.25, -0.2) is 10.2 Å². The normalized spacial score (nSPS) is 12.7. The van der Waals surface area contributed by atoms with Gasteiger partial charge in [0.15, 0.2) is 0 Å². The van der Waals surface area contributed by atoms with Gasteiger partial charge in [0, 0.05) is 29.1 Å². The van der Waals surface area contributed by atoms with E-state index in [0.717, 1.165) is 28.2 Å². The lowest BCUT2D eigenvalue weighted by molar-refractivity contribution is -0.130. The van der Waals surface area contributed by atoms with Gasteiger partial charge in [0.1, 0.15) is 24.4 Å². The van der Waals surface area contributed by atoms with Crippen molar-refractivity contribution in [1.29, 1.82) is 0 Å². The maximum Gasteiger partial charge on any atom is 0.408 e. The van der Waals surface area contributed by atoms with Crippen molar-refractivity contribution in [3.63, 3.8) is 0 Å². The van der Waals surface area contributed by atoms with E-state index >= 15 is 0 Å². The summed E-state index contributed by atoms with van der Waals surface area (Å²) in [5.41, 5.74) is 8.90. The van der Waals surface area contributed by atoms with E-state index in [4.69, 9.17) is 4.74 Å². The largest absolute Gasteiger partial charge is 0.508 e. The summed E-state index contributed by atoms with van der Waals surface area (Å²) in [4.78, 5) is 38.8. The van der Waals surface area contributed by atoms with Crippen LogP contribution in [-0.2, 0) is 32.8 Å². The van der Waals surface area contributed by atoms with Crippen LogP contribution in [0.2, 0.25) is 0 Å². The molecular weight excluding hydrogens is 610 g/mol. The van der Waals surface area contributed by atoms with E-state index in [-0.39, 0.29) is 24.2 Å². The third kappa shape index (κ3) is 9.55. The van der Waals surface area contributed by atoms with Gasteiger partial charge < -0.3 is 30.2 Å². The smallest absolute Gasteiger partial charge is 0.408 e. The number of aryl methyl sites for hydroxylation is 1. The number of alkyl carbamates (subject to hydrolysis) is 1. The average Bonchev–Trinajstić information content (AvgIpc) is 3.35. The summed E-state index contributed by atoms with van der Waals surface area (Å²) in [6.07, 6.45) is 0.684. The predicted molar refractivity (Wildman–Crippen MR) is 184 cm³/mol. The number of hydrogen-bond acceptors (Lipinski definition) is 7. The van der Waals surface area contributed by atoms with Gasteiger partial charge in [-0.15, -0.1) is 0 Å². The molecule has 252 valence electrons. The van der Waals surface area contributed by atoms with Crippen molar-refractivity contribution in [2.75, 3.05) is 6.61 Å². The van der Waals surface area contributed by atoms with Crippen LogP contribution in [0.4, 0.5) is 4.79 Å². The number of phenols is 1. The van der Waals surface area contributed by atoms with Crippen LogP contribution >= 0.6 is 0 Å². The fourth-order valence-electron chi connectivity index (χ4n) is 5.12. The van der Waals surface area contributed by atoms with Crippen LogP contribution in [0.3, 0.4) is 0 Å². The van der Waals surface area contributed by atoms with E-state index < -0.39 is 36.6 Å².